The van der Waals surface area contributed by atoms with Gasteiger partial charge < -0.3 is 10.2 Å². The van der Waals surface area contributed by atoms with Crippen LogP contribution in [0.25, 0.3) is 10.9 Å². The van der Waals surface area contributed by atoms with Crippen molar-refractivity contribution < 1.29 is 14.3 Å². The molecule has 1 aromatic heterocycles. The van der Waals surface area contributed by atoms with Gasteiger partial charge in [-0.3, -0.25) is 19.5 Å². The Hall–Kier alpha value is -3.45. The molecule has 1 aliphatic rings. The third-order valence-corrected chi connectivity index (χ3v) is 4.98. The van der Waals surface area contributed by atoms with Crippen molar-refractivity contribution in [3.63, 3.8) is 0 Å². The van der Waals surface area contributed by atoms with Crippen molar-refractivity contribution in [3.05, 3.63) is 65.9 Å². The Morgan fingerprint density at radius 3 is 2.48 bits per heavy atom. The molecule has 148 valence electrons. The van der Waals surface area contributed by atoms with Crippen LogP contribution in [-0.4, -0.2) is 54.0 Å². The van der Waals surface area contributed by atoms with Crippen molar-refractivity contribution in [2.24, 2.45) is 0 Å². The molecule has 0 atom stereocenters. The number of rotatable bonds is 7. The van der Waals surface area contributed by atoms with Gasteiger partial charge in [0.1, 0.15) is 5.75 Å². The lowest BCUT2D eigenvalue weighted by Crippen LogP contribution is -2.34. The molecule has 0 saturated carbocycles. The molecule has 0 saturated heterocycles. The summed E-state index contributed by atoms with van der Waals surface area (Å²) in [6.45, 7) is 1.01. The number of hydrogen-bond acceptors (Lipinski definition) is 6. The monoisotopic (exact) mass is 390 g/mol. The number of nitrogens with zero attached hydrogens (tertiary/aromatic N) is 3. The van der Waals surface area contributed by atoms with Gasteiger partial charge in [0.15, 0.2) is 0 Å². The summed E-state index contributed by atoms with van der Waals surface area (Å²) in [5.41, 5.74) is 5.98. The van der Waals surface area contributed by atoms with Gasteiger partial charge >= 0.3 is 0 Å². The molecule has 1 aliphatic heterocycles. The van der Waals surface area contributed by atoms with E-state index in [1.54, 1.807) is 37.6 Å². The van der Waals surface area contributed by atoms with E-state index < -0.39 is 0 Å². The van der Waals surface area contributed by atoms with E-state index in [-0.39, 0.29) is 11.8 Å². The number of benzene rings is 2. The fourth-order valence-corrected chi connectivity index (χ4v) is 3.54. The lowest BCUT2D eigenvalue weighted by atomic mass is 10.1. The number of pyridine rings is 1. The van der Waals surface area contributed by atoms with E-state index in [0.717, 1.165) is 22.3 Å². The largest absolute Gasteiger partial charge is 0.497 e. The minimum Gasteiger partial charge on any atom is -0.497 e. The van der Waals surface area contributed by atoms with Crippen LogP contribution in [0.5, 0.6) is 5.75 Å². The number of aromatic nitrogens is 1. The Kier molecular flexibility index (Phi) is 5.14. The highest BCUT2D eigenvalue weighted by Gasteiger charge is 2.34. The van der Waals surface area contributed by atoms with Gasteiger partial charge in [0.25, 0.3) is 11.8 Å². The molecule has 0 spiro atoms. The number of anilines is 1. The normalized spacial score (nSPS) is 13.3. The van der Waals surface area contributed by atoms with Gasteiger partial charge in [-0.2, -0.15) is 0 Å². The lowest BCUT2D eigenvalue weighted by molar-refractivity contribution is 0.0649. The fourth-order valence-electron chi connectivity index (χ4n) is 3.54. The second-order valence-electron chi connectivity index (χ2n) is 6.94. The van der Waals surface area contributed by atoms with Crippen LogP contribution in [0, 0.1) is 0 Å². The molecule has 0 aliphatic carbocycles. The zero-order valence-electron chi connectivity index (χ0n) is 16.4. The van der Waals surface area contributed by atoms with Crippen LogP contribution in [0.3, 0.4) is 0 Å². The number of imide groups is 1. The van der Waals surface area contributed by atoms with Gasteiger partial charge in [-0.05, 0) is 30.7 Å². The minimum atomic E-state index is -0.218. The maximum atomic E-state index is 12.4. The Bertz CT molecular complexity index is 1050. The molecule has 0 unspecified atom stereocenters. The summed E-state index contributed by atoms with van der Waals surface area (Å²) in [4.78, 5) is 30.7. The molecule has 3 aromatic rings. The van der Waals surface area contributed by atoms with Crippen LogP contribution in [0.15, 0.2) is 54.7 Å². The Morgan fingerprint density at radius 1 is 1.07 bits per heavy atom. The van der Waals surface area contributed by atoms with Gasteiger partial charge in [-0.1, -0.05) is 18.2 Å². The van der Waals surface area contributed by atoms with Gasteiger partial charge in [-0.15, -0.1) is 0 Å². The van der Waals surface area contributed by atoms with Crippen LogP contribution >= 0.6 is 0 Å². The first-order valence-corrected chi connectivity index (χ1v) is 9.44. The van der Waals surface area contributed by atoms with E-state index in [1.165, 1.54) is 4.90 Å². The maximum absolute atomic E-state index is 12.4. The highest BCUT2D eigenvalue weighted by molar-refractivity contribution is 6.21. The number of carbonyl (C=O) groups is 2. The summed E-state index contributed by atoms with van der Waals surface area (Å²) in [5, 5.41) is 2.90. The first kappa shape index (κ1) is 18.9. The van der Waals surface area contributed by atoms with Crippen molar-refractivity contribution >= 4 is 28.4 Å². The molecule has 0 radical (unpaired) electrons. The average molecular weight is 390 g/mol. The highest BCUT2D eigenvalue weighted by Crippen LogP contribution is 2.28. The average Bonchev–Trinajstić information content (AvgIpc) is 2.98. The summed E-state index contributed by atoms with van der Waals surface area (Å²) >= 11 is 0. The molecule has 1 N–H and O–H groups in total. The Labute approximate surface area is 168 Å². The number of fused-ring (bicyclic) bond motifs is 2. The third kappa shape index (κ3) is 3.64. The Balaban J connectivity index is 1.39. The topological polar surface area (TPSA) is 74.8 Å². The van der Waals surface area contributed by atoms with E-state index in [2.05, 4.69) is 10.4 Å². The van der Waals surface area contributed by atoms with Crippen LogP contribution < -0.4 is 10.2 Å². The highest BCUT2D eigenvalue weighted by atomic mass is 16.5. The van der Waals surface area contributed by atoms with Gasteiger partial charge in [0, 0.05) is 37.8 Å². The fraction of sp³-hybridized carbons (Fsp3) is 0.227. The first-order valence-electron chi connectivity index (χ1n) is 9.44. The zero-order chi connectivity index (χ0) is 20.4. The summed E-state index contributed by atoms with van der Waals surface area (Å²) in [7, 11) is 3.55. The van der Waals surface area contributed by atoms with Crippen LogP contribution in [0.2, 0.25) is 0 Å². The third-order valence-electron chi connectivity index (χ3n) is 4.98. The SMILES string of the molecule is COc1cc(NN(C)CCCN2C(=O)c3ccccc3C2=O)c2ncccc2c1. The quantitative estimate of drug-likeness (QED) is 0.493. The van der Waals surface area contributed by atoms with Gasteiger partial charge in [-0.25, -0.2) is 5.01 Å². The minimum absolute atomic E-state index is 0.218. The second kappa shape index (κ2) is 7.89. The molecule has 4 rings (SSSR count). The molecule has 0 fully saturated rings. The number of nitrogens with one attached hydrogen (secondary N) is 1. The molecule has 7 heteroatoms. The van der Waals surface area contributed by atoms with Crippen molar-refractivity contribution in [3.8, 4) is 5.75 Å². The number of methoxy groups -OCH3 is 1. The van der Waals surface area contributed by atoms with E-state index in [4.69, 9.17) is 4.74 Å². The smallest absolute Gasteiger partial charge is 0.261 e. The van der Waals surface area contributed by atoms with E-state index in [0.29, 0.717) is 30.6 Å². The molecular formula is C22H22N4O3. The molecule has 2 aromatic carbocycles. The summed E-state index contributed by atoms with van der Waals surface area (Å²) in [6, 6.07) is 14.7. The molecule has 0 bridgehead atoms. The molecular weight excluding hydrogens is 368 g/mol. The first-order chi connectivity index (χ1) is 14.1. The van der Waals surface area contributed by atoms with E-state index >= 15 is 0 Å². The van der Waals surface area contributed by atoms with Crippen LogP contribution in [-0.2, 0) is 0 Å². The lowest BCUT2D eigenvalue weighted by Gasteiger charge is -2.22. The van der Waals surface area contributed by atoms with E-state index in [9.17, 15) is 9.59 Å². The number of hydrazine groups is 1. The molecule has 7 nitrogen and oxygen atoms in total. The standard InChI is InChI=1S/C22H22N4O3/c1-25(24-19-14-16(29-2)13-15-7-5-10-23-20(15)19)11-6-12-26-21(27)17-8-3-4-9-18(17)22(26)28/h3-5,7-10,13-14,24H,6,11-12H2,1-2H3. The zero-order valence-corrected chi connectivity index (χ0v) is 16.4. The van der Waals surface area contributed by atoms with E-state index in [1.807, 2.05) is 36.3 Å². The van der Waals surface area contributed by atoms with Crippen molar-refractivity contribution in [1.29, 1.82) is 0 Å². The molecule has 29 heavy (non-hydrogen) atoms. The predicted molar refractivity (Wildman–Crippen MR) is 111 cm³/mol. The summed E-state index contributed by atoms with van der Waals surface area (Å²) in [5.74, 6) is 0.306. The van der Waals surface area contributed by atoms with Crippen molar-refractivity contribution in [2.75, 3.05) is 32.7 Å². The van der Waals surface area contributed by atoms with Crippen molar-refractivity contribution in [2.45, 2.75) is 6.42 Å². The maximum Gasteiger partial charge on any atom is 0.261 e. The predicted octanol–water partition coefficient (Wildman–Crippen LogP) is 3.19. The summed E-state index contributed by atoms with van der Waals surface area (Å²) < 4.78 is 5.38. The number of hydrogen-bond donors (Lipinski definition) is 1. The second-order valence-corrected chi connectivity index (χ2v) is 6.94. The van der Waals surface area contributed by atoms with Gasteiger partial charge in [0.2, 0.25) is 0 Å². The molecule has 2 amide bonds. The van der Waals surface area contributed by atoms with Crippen LogP contribution in [0.1, 0.15) is 27.1 Å². The molecule has 2 heterocycles. The number of ether oxygens (including phenoxy) is 1. The summed E-state index contributed by atoms with van der Waals surface area (Å²) in [6.07, 6.45) is 2.40. The van der Waals surface area contributed by atoms with Crippen LogP contribution in [0.4, 0.5) is 5.69 Å². The van der Waals surface area contributed by atoms with Crippen molar-refractivity contribution in [1.82, 2.24) is 14.9 Å². The Morgan fingerprint density at radius 2 is 1.79 bits per heavy atom. The number of amides is 2. The number of carbonyl (C=O) groups excluding carboxylic acids is 2. The van der Waals surface area contributed by atoms with Gasteiger partial charge in [0.05, 0.1) is 29.4 Å².